The number of fused-ring (bicyclic) bond motifs is 1. The average molecular weight is 281 g/mol. The van der Waals surface area contributed by atoms with E-state index in [1.54, 1.807) is 13.3 Å². The van der Waals surface area contributed by atoms with Crippen molar-refractivity contribution in [1.29, 1.82) is 0 Å². The third-order valence-corrected chi connectivity index (χ3v) is 4.04. The van der Waals surface area contributed by atoms with Gasteiger partial charge >= 0.3 is 0 Å². The molecule has 3 rings (SSSR count). The zero-order chi connectivity index (χ0) is 15.0. The molecule has 0 saturated heterocycles. The van der Waals surface area contributed by atoms with E-state index in [0.29, 0.717) is 0 Å². The Morgan fingerprint density at radius 2 is 2.05 bits per heavy atom. The van der Waals surface area contributed by atoms with E-state index in [2.05, 4.69) is 35.5 Å². The van der Waals surface area contributed by atoms with Crippen LogP contribution in [-0.2, 0) is 6.54 Å². The molecule has 0 bridgehead atoms. The van der Waals surface area contributed by atoms with Crippen molar-refractivity contribution < 1.29 is 4.74 Å². The summed E-state index contributed by atoms with van der Waals surface area (Å²) in [5, 5.41) is 1.10. The van der Waals surface area contributed by atoms with Crippen molar-refractivity contribution in [3.8, 4) is 5.75 Å². The molecule has 21 heavy (non-hydrogen) atoms. The molecule has 0 fully saturated rings. The highest BCUT2D eigenvalue weighted by Crippen LogP contribution is 2.29. The first-order valence-electron chi connectivity index (χ1n) is 6.93. The van der Waals surface area contributed by atoms with Gasteiger partial charge in [-0.15, -0.1) is 0 Å². The van der Waals surface area contributed by atoms with Gasteiger partial charge in [-0.25, -0.2) is 0 Å². The molecule has 0 amide bonds. The van der Waals surface area contributed by atoms with Crippen LogP contribution in [0.1, 0.15) is 16.8 Å². The van der Waals surface area contributed by atoms with Gasteiger partial charge in [0.2, 0.25) is 0 Å². The van der Waals surface area contributed by atoms with Gasteiger partial charge in [-0.05, 0) is 37.1 Å². The molecule has 0 spiro atoms. The van der Waals surface area contributed by atoms with Crippen molar-refractivity contribution in [2.75, 3.05) is 12.8 Å². The van der Waals surface area contributed by atoms with Gasteiger partial charge in [0, 0.05) is 17.6 Å². The van der Waals surface area contributed by atoms with E-state index in [1.165, 1.54) is 16.8 Å². The molecular formula is C17H19N3O. The second-order valence-corrected chi connectivity index (χ2v) is 5.27. The summed E-state index contributed by atoms with van der Waals surface area (Å²) in [4.78, 5) is 4.23. The third kappa shape index (κ3) is 2.23. The van der Waals surface area contributed by atoms with Gasteiger partial charge in [0.05, 0.1) is 30.7 Å². The fraction of sp³-hybridized carbons (Fsp3) is 0.235. The molecule has 1 aromatic carbocycles. The maximum absolute atomic E-state index is 6.08. The maximum Gasteiger partial charge on any atom is 0.119 e. The minimum atomic E-state index is 0.734. The Balaban J connectivity index is 2.12. The molecular weight excluding hydrogens is 262 g/mol. The van der Waals surface area contributed by atoms with Crippen molar-refractivity contribution in [3.05, 3.63) is 53.5 Å². The van der Waals surface area contributed by atoms with Crippen LogP contribution in [0.2, 0.25) is 0 Å². The van der Waals surface area contributed by atoms with E-state index in [0.717, 1.165) is 28.9 Å². The van der Waals surface area contributed by atoms with E-state index in [9.17, 15) is 0 Å². The number of nitrogen functional groups attached to an aromatic ring is 1. The van der Waals surface area contributed by atoms with Crippen LogP contribution in [0.4, 0.5) is 5.69 Å². The third-order valence-electron chi connectivity index (χ3n) is 4.04. The number of methoxy groups -OCH3 is 1. The number of pyridine rings is 1. The standard InChI is InChI=1S/C17H19N3O/c1-11-12(2)20(16-9-19-8-15(18)17(11)16)10-13-5-4-6-14(7-13)21-3/h4-9H,10,18H2,1-3H3. The molecule has 2 N–H and O–H groups in total. The van der Waals surface area contributed by atoms with Gasteiger partial charge in [0.15, 0.2) is 0 Å². The summed E-state index contributed by atoms with van der Waals surface area (Å²) < 4.78 is 7.55. The Labute approximate surface area is 124 Å². The minimum Gasteiger partial charge on any atom is -0.497 e. The second-order valence-electron chi connectivity index (χ2n) is 5.27. The Hall–Kier alpha value is -2.49. The van der Waals surface area contributed by atoms with Crippen molar-refractivity contribution in [2.24, 2.45) is 0 Å². The first-order chi connectivity index (χ1) is 10.1. The fourth-order valence-corrected chi connectivity index (χ4v) is 2.80. The van der Waals surface area contributed by atoms with Gasteiger partial charge < -0.3 is 15.0 Å². The van der Waals surface area contributed by atoms with Crippen LogP contribution < -0.4 is 10.5 Å². The first-order valence-corrected chi connectivity index (χ1v) is 6.93. The Morgan fingerprint density at radius 1 is 1.24 bits per heavy atom. The topological polar surface area (TPSA) is 53.1 Å². The van der Waals surface area contributed by atoms with Crippen LogP contribution in [0, 0.1) is 13.8 Å². The number of hydrogen-bond acceptors (Lipinski definition) is 3. The number of hydrogen-bond donors (Lipinski definition) is 1. The highest BCUT2D eigenvalue weighted by atomic mass is 16.5. The Kier molecular flexibility index (Phi) is 3.29. The van der Waals surface area contributed by atoms with Gasteiger partial charge in [0.1, 0.15) is 5.75 Å². The number of benzene rings is 1. The molecule has 2 aromatic heterocycles. The van der Waals surface area contributed by atoms with Crippen LogP contribution in [0.5, 0.6) is 5.75 Å². The molecule has 4 heteroatoms. The molecule has 0 atom stereocenters. The number of nitrogens with two attached hydrogens (primary N) is 1. The molecule has 0 aliphatic rings. The van der Waals surface area contributed by atoms with Gasteiger partial charge in [0.25, 0.3) is 0 Å². The van der Waals surface area contributed by atoms with Gasteiger partial charge in [-0.2, -0.15) is 0 Å². The molecule has 108 valence electrons. The lowest BCUT2D eigenvalue weighted by molar-refractivity contribution is 0.414. The molecule has 4 nitrogen and oxygen atoms in total. The van der Waals surface area contributed by atoms with Crippen LogP contribution in [0.15, 0.2) is 36.7 Å². The summed E-state index contributed by atoms with van der Waals surface area (Å²) in [5.74, 6) is 0.871. The molecule has 3 aromatic rings. The summed E-state index contributed by atoms with van der Waals surface area (Å²) in [6, 6.07) is 8.12. The van der Waals surface area contributed by atoms with E-state index in [4.69, 9.17) is 10.5 Å². The van der Waals surface area contributed by atoms with E-state index >= 15 is 0 Å². The highest BCUT2D eigenvalue weighted by molar-refractivity contribution is 5.94. The quantitative estimate of drug-likeness (QED) is 0.801. The van der Waals surface area contributed by atoms with Crippen LogP contribution in [0.25, 0.3) is 10.9 Å². The summed E-state index contributed by atoms with van der Waals surface area (Å²) in [6.07, 6.45) is 3.59. The second kappa shape index (κ2) is 5.13. The number of aromatic nitrogens is 2. The van der Waals surface area contributed by atoms with E-state index in [1.807, 2.05) is 18.3 Å². The summed E-state index contributed by atoms with van der Waals surface area (Å²) in [7, 11) is 1.68. The van der Waals surface area contributed by atoms with E-state index < -0.39 is 0 Å². The van der Waals surface area contributed by atoms with E-state index in [-0.39, 0.29) is 0 Å². The number of nitrogens with zero attached hydrogens (tertiary/aromatic N) is 2. The largest absolute Gasteiger partial charge is 0.497 e. The lowest BCUT2D eigenvalue weighted by Gasteiger charge is -2.10. The summed E-state index contributed by atoms with van der Waals surface area (Å²) in [5.41, 5.74) is 11.5. The van der Waals surface area contributed by atoms with Crippen molar-refractivity contribution >= 4 is 16.6 Å². The number of anilines is 1. The minimum absolute atomic E-state index is 0.734. The van der Waals surface area contributed by atoms with Crippen molar-refractivity contribution in [1.82, 2.24) is 9.55 Å². The predicted octanol–water partition coefficient (Wildman–Crippen LogP) is 3.29. The summed E-state index contributed by atoms with van der Waals surface area (Å²) >= 11 is 0. The molecule has 0 aliphatic carbocycles. The maximum atomic E-state index is 6.08. The zero-order valence-corrected chi connectivity index (χ0v) is 12.6. The zero-order valence-electron chi connectivity index (χ0n) is 12.6. The van der Waals surface area contributed by atoms with Crippen LogP contribution in [-0.4, -0.2) is 16.7 Å². The fourth-order valence-electron chi connectivity index (χ4n) is 2.80. The summed E-state index contributed by atoms with van der Waals surface area (Å²) in [6.45, 7) is 5.00. The van der Waals surface area contributed by atoms with Crippen LogP contribution >= 0.6 is 0 Å². The molecule has 2 heterocycles. The van der Waals surface area contributed by atoms with Crippen molar-refractivity contribution in [3.63, 3.8) is 0 Å². The van der Waals surface area contributed by atoms with Crippen LogP contribution in [0.3, 0.4) is 0 Å². The Bertz CT molecular complexity index is 805. The molecule has 0 unspecified atom stereocenters. The molecule has 0 saturated carbocycles. The number of aryl methyl sites for hydroxylation is 1. The highest BCUT2D eigenvalue weighted by Gasteiger charge is 2.13. The average Bonchev–Trinajstić information content (AvgIpc) is 2.74. The predicted molar refractivity (Wildman–Crippen MR) is 85.7 cm³/mol. The van der Waals surface area contributed by atoms with Crippen molar-refractivity contribution in [2.45, 2.75) is 20.4 Å². The monoisotopic (exact) mass is 281 g/mol. The molecule has 0 radical (unpaired) electrons. The van der Waals surface area contributed by atoms with Gasteiger partial charge in [-0.3, -0.25) is 4.98 Å². The normalized spacial score (nSPS) is 11.0. The molecule has 0 aliphatic heterocycles. The number of ether oxygens (including phenoxy) is 1. The smallest absolute Gasteiger partial charge is 0.119 e. The Morgan fingerprint density at radius 3 is 2.81 bits per heavy atom. The SMILES string of the molecule is COc1cccc(Cn2c(C)c(C)c3c(N)cncc32)c1. The van der Waals surface area contributed by atoms with Gasteiger partial charge in [-0.1, -0.05) is 12.1 Å². The number of rotatable bonds is 3. The lowest BCUT2D eigenvalue weighted by atomic mass is 10.2. The lowest BCUT2D eigenvalue weighted by Crippen LogP contribution is -2.02. The first kappa shape index (κ1) is 13.5.